The van der Waals surface area contributed by atoms with Crippen LogP contribution >= 0.6 is 0 Å². The molecule has 2 aliphatic rings. The van der Waals surface area contributed by atoms with Crippen molar-refractivity contribution in [2.45, 2.75) is 31.8 Å². The molecule has 22 heavy (non-hydrogen) atoms. The lowest BCUT2D eigenvalue weighted by Crippen LogP contribution is -2.39. The van der Waals surface area contributed by atoms with Crippen LogP contribution in [0.3, 0.4) is 0 Å². The van der Waals surface area contributed by atoms with Crippen LogP contribution in [0.1, 0.15) is 31.2 Å². The Labute approximate surface area is 131 Å². The van der Waals surface area contributed by atoms with E-state index in [9.17, 15) is 0 Å². The van der Waals surface area contributed by atoms with Gasteiger partial charge in [-0.15, -0.1) is 0 Å². The normalized spacial score (nSPS) is 23.3. The fourth-order valence-corrected chi connectivity index (χ4v) is 3.20. The van der Waals surface area contributed by atoms with Gasteiger partial charge in [-0.05, 0) is 56.8 Å². The predicted molar refractivity (Wildman–Crippen MR) is 82.6 cm³/mol. The number of piperidine rings is 1. The second-order valence-electron chi connectivity index (χ2n) is 6.16. The highest BCUT2D eigenvalue weighted by Crippen LogP contribution is 2.22. The maximum atomic E-state index is 9.04. The summed E-state index contributed by atoms with van der Waals surface area (Å²) < 4.78 is 11.5. The summed E-state index contributed by atoms with van der Waals surface area (Å²) in [6.45, 7) is 4.88. The number of likely N-dealkylation sites (tertiary alicyclic amines) is 1. The van der Waals surface area contributed by atoms with Crippen LogP contribution in [0, 0.1) is 17.2 Å². The molecule has 0 radical (unpaired) electrons. The minimum atomic E-state index is 0.444. The third kappa shape index (κ3) is 3.96. The van der Waals surface area contributed by atoms with E-state index in [-0.39, 0.29) is 0 Å². The third-order valence-electron chi connectivity index (χ3n) is 4.54. The van der Waals surface area contributed by atoms with Crippen molar-refractivity contribution in [1.82, 2.24) is 9.88 Å². The zero-order valence-electron chi connectivity index (χ0n) is 12.9. The molecule has 5 heteroatoms. The summed E-state index contributed by atoms with van der Waals surface area (Å²) in [6.07, 6.45) is 6.81. The Kier molecular flexibility index (Phi) is 5.25. The summed E-state index contributed by atoms with van der Waals surface area (Å²) in [5.74, 6) is 1.01. The lowest BCUT2D eigenvalue weighted by molar-refractivity contribution is 0.0545. The second-order valence-corrected chi connectivity index (χ2v) is 6.16. The molecule has 0 aliphatic carbocycles. The van der Waals surface area contributed by atoms with Crippen LogP contribution in [-0.4, -0.2) is 48.8 Å². The van der Waals surface area contributed by atoms with Crippen molar-refractivity contribution in [3.05, 3.63) is 23.9 Å². The van der Waals surface area contributed by atoms with E-state index in [0.717, 1.165) is 39.1 Å². The molecule has 2 saturated heterocycles. The molecule has 0 amide bonds. The second kappa shape index (κ2) is 7.57. The van der Waals surface area contributed by atoms with Gasteiger partial charge in [0, 0.05) is 19.3 Å². The topological polar surface area (TPSA) is 58.4 Å². The summed E-state index contributed by atoms with van der Waals surface area (Å²) in [5.41, 5.74) is 0.512. The lowest BCUT2D eigenvalue weighted by Gasteiger charge is -2.33. The van der Waals surface area contributed by atoms with Gasteiger partial charge in [-0.2, -0.15) is 5.26 Å². The minimum absolute atomic E-state index is 0.444. The Morgan fingerprint density at radius 3 is 2.95 bits per heavy atom. The molecule has 2 aliphatic heterocycles. The van der Waals surface area contributed by atoms with Gasteiger partial charge < -0.3 is 14.4 Å². The zero-order valence-corrected chi connectivity index (χ0v) is 12.9. The van der Waals surface area contributed by atoms with Crippen molar-refractivity contribution in [2.24, 2.45) is 5.92 Å². The molecule has 1 aromatic heterocycles. The highest BCUT2D eigenvalue weighted by Gasteiger charge is 2.24. The van der Waals surface area contributed by atoms with Crippen LogP contribution in [0.15, 0.2) is 18.3 Å². The number of hydrogen-bond donors (Lipinski definition) is 0. The van der Waals surface area contributed by atoms with Crippen molar-refractivity contribution < 1.29 is 9.47 Å². The van der Waals surface area contributed by atoms with Crippen LogP contribution in [0.2, 0.25) is 0 Å². The molecule has 3 heterocycles. The van der Waals surface area contributed by atoms with Gasteiger partial charge in [-0.25, -0.2) is 4.98 Å². The van der Waals surface area contributed by atoms with Gasteiger partial charge in [0.2, 0.25) is 5.88 Å². The van der Waals surface area contributed by atoms with E-state index in [4.69, 9.17) is 14.7 Å². The number of ether oxygens (including phenoxy) is 2. The van der Waals surface area contributed by atoms with Crippen LogP contribution in [0.25, 0.3) is 0 Å². The van der Waals surface area contributed by atoms with E-state index in [1.54, 1.807) is 18.3 Å². The largest absolute Gasteiger partial charge is 0.476 e. The monoisotopic (exact) mass is 301 g/mol. The predicted octanol–water partition coefficient (Wildman–Crippen LogP) is 2.22. The molecule has 2 fully saturated rings. The Morgan fingerprint density at radius 2 is 2.23 bits per heavy atom. The molecule has 1 unspecified atom stereocenters. The van der Waals surface area contributed by atoms with E-state index in [1.165, 1.54) is 12.8 Å². The molecule has 3 rings (SSSR count). The fraction of sp³-hybridized carbons (Fsp3) is 0.647. The van der Waals surface area contributed by atoms with E-state index in [2.05, 4.69) is 16.0 Å². The number of rotatable bonds is 5. The Bertz CT molecular complexity index is 515. The van der Waals surface area contributed by atoms with E-state index in [0.29, 0.717) is 30.1 Å². The Balaban J connectivity index is 1.41. The number of pyridine rings is 1. The maximum Gasteiger partial charge on any atom is 0.231 e. The van der Waals surface area contributed by atoms with Crippen molar-refractivity contribution >= 4 is 0 Å². The first-order chi connectivity index (χ1) is 10.8. The molecule has 5 nitrogen and oxygen atoms in total. The highest BCUT2D eigenvalue weighted by atomic mass is 16.5. The average molecular weight is 301 g/mol. The van der Waals surface area contributed by atoms with Crippen molar-refractivity contribution in [3.63, 3.8) is 0 Å². The van der Waals surface area contributed by atoms with Gasteiger partial charge in [0.05, 0.1) is 12.7 Å². The molecule has 0 N–H and O–H groups in total. The number of nitrogens with zero attached hydrogens (tertiary/aromatic N) is 3. The highest BCUT2D eigenvalue weighted by molar-refractivity contribution is 5.36. The maximum absolute atomic E-state index is 9.04. The van der Waals surface area contributed by atoms with Gasteiger partial charge in [0.1, 0.15) is 11.6 Å². The van der Waals surface area contributed by atoms with Crippen molar-refractivity contribution in [2.75, 3.05) is 32.8 Å². The van der Waals surface area contributed by atoms with E-state index < -0.39 is 0 Å². The van der Waals surface area contributed by atoms with E-state index >= 15 is 0 Å². The summed E-state index contributed by atoms with van der Waals surface area (Å²) in [5, 5.41) is 9.04. The molecule has 1 atom stereocenters. The smallest absolute Gasteiger partial charge is 0.231 e. The molecule has 118 valence electrons. The molecule has 1 aromatic rings. The van der Waals surface area contributed by atoms with Crippen LogP contribution < -0.4 is 4.74 Å². The van der Waals surface area contributed by atoms with E-state index in [1.807, 2.05) is 0 Å². The standard InChI is InChI=1S/C17H23N3O2/c18-11-15-3-1-7-19-17(15)22-13-14-5-8-20(9-6-14)12-16-4-2-10-21-16/h1,3,7,14,16H,2,4-6,8-10,12-13H2. The SMILES string of the molecule is N#Cc1cccnc1OCC1CCN(CC2CCCO2)CC1. The Hall–Kier alpha value is -1.64. The first kappa shape index (κ1) is 15.3. The third-order valence-corrected chi connectivity index (χ3v) is 4.54. The number of aromatic nitrogens is 1. The number of hydrogen-bond acceptors (Lipinski definition) is 5. The summed E-state index contributed by atoms with van der Waals surface area (Å²) in [4.78, 5) is 6.65. The first-order valence-corrected chi connectivity index (χ1v) is 8.17. The molecule has 0 saturated carbocycles. The van der Waals surface area contributed by atoms with Gasteiger partial charge >= 0.3 is 0 Å². The fourth-order valence-electron chi connectivity index (χ4n) is 3.20. The van der Waals surface area contributed by atoms with Crippen molar-refractivity contribution in [3.8, 4) is 11.9 Å². The molecule has 0 spiro atoms. The van der Waals surface area contributed by atoms with Crippen LogP contribution in [0.4, 0.5) is 0 Å². The first-order valence-electron chi connectivity index (χ1n) is 8.17. The molecular weight excluding hydrogens is 278 g/mol. The van der Waals surface area contributed by atoms with Gasteiger partial charge in [0.25, 0.3) is 0 Å². The zero-order chi connectivity index (χ0) is 15.2. The summed E-state index contributed by atoms with van der Waals surface area (Å²) in [6, 6.07) is 5.62. The molecule has 0 aromatic carbocycles. The van der Waals surface area contributed by atoms with Crippen molar-refractivity contribution in [1.29, 1.82) is 5.26 Å². The van der Waals surface area contributed by atoms with Gasteiger partial charge in [0.15, 0.2) is 0 Å². The number of nitriles is 1. The van der Waals surface area contributed by atoms with Crippen LogP contribution in [0.5, 0.6) is 5.88 Å². The Morgan fingerprint density at radius 1 is 1.36 bits per heavy atom. The molecular formula is C17H23N3O2. The quantitative estimate of drug-likeness (QED) is 0.834. The lowest BCUT2D eigenvalue weighted by atomic mass is 9.97. The summed E-state index contributed by atoms with van der Waals surface area (Å²) >= 11 is 0. The summed E-state index contributed by atoms with van der Waals surface area (Å²) in [7, 11) is 0. The van der Waals surface area contributed by atoms with Gasteiger partial charge in [-0.1, -0.05) is 0 Å². The molecule has 0 bridgehead atoms. The minimum Gasteiger partial charge on any atom is -0.476 e. The van der Waals surface area contributed by atoms with Crippen LogP contribution in [-0.2, 0) is 4.74 Å². The van der Waals surface area contributed by atoms with Gasteiger partial charge in [-0.3, -0.25) is 0 Å². The average Bonchev–Trinajstić information content (AvgIpc) is 3.07.